The van der Waals surface area contributed by atoms with Crippen LogP contribution in [0.1, 0.15) is 39.8 Å². The van der Waals surface area contributed by atoms with E-state index in [2.05, 4.69) is 15.1 Å². The minimum Gasteiger partial charge on any atom is -0.361 e. The number of pyridine rings is 1. The van der Waals surface area contributed by atoms with Crippen molar-refractivity contribution in [3.63, 3.8) is 0 Å². The van der Waals surface area contributed by atoms with Gasteiger partial charge in [-0.1, -0.05) is 11.2 Å². The van der Waals surface area contributed by atoms with Crippen LogP contribution in [0.2, 0.25) is 0 Å². The van der Waals surface area contributed by atoms with E-state index in [1.165, 1.54) is 0 Å². The normalized spacial score (nSPS) is 16.5. The summed E-state index contributed by atoms with van der Waals surface area (Å²) < 4.78 is 5.27. The molecule has 0 spiro atoms. The number of carbonyl (C=O) groups is 1. The lowest BCUT2D eigenvalue weighted by Gasteiger charge is -2.16. The first-order valence-corrected chi connectivity index (χ1v) is 9.48. The van der Waals surface area contributed by atoms with Crippen molar-refractivity contribution in [2.24, 2.45) is 5.92 Å². The first kappa shape index (κ1) is 18.3. The van der Waals surface area contributed by atoms with Crippen molar-refractivity contribution in [1.82, 2.24) is 25.0 Å². The number of aromatic nitrogens is 4. The van der Waals surface area contributed by atoms with Gasteiger partial charge in [-0.05, 0) is 51.7 Å². The maximum atomic E-state index is 12.6. The van der Waals surface area contributed by atoms with Gasteiger partial charge < -0.3 is 9.42 Å². The highest BCUT2D eigenvalue weighted by Gasteiger charge is 2.28. The van der Waals surface area contributed by atoms with Gasteiger partial charge in [-0.3, -0.25) is 14.8 Å². The first-order chi connectivity index (χ1) is 13.5. The maximum Gasteiger partial charge on any atom is 0.274 e. The summed E-state index contributed by atoms with van der Waals surface area (Å²) in [7, 11) is 0. The summed E-state index contributed by atoms with van der Waals surface area (Å²) in [5.41, 5.74) is 4.92. The van der Waals surface area contributed by atoms with Gasteiger partial charge in [0.2, 0.25) is 0 Å². The summed E-state index contributed by atoms with van der Waals surface area (Å²) in [6.45, 7) is 7.14. The van der Waals surface area contributed by atoms with E-state index in [9.17, 15) is 4.79 Å². The van der Waals surface area contributed by atoms with E-state index in [-0.39, 0.29) is 5.91 Å². The predicted molar refractivity (Wildman–Crippen MR) is 104 cm³/mol. The SMILES string of the molecule is Cc1cnc(C(=O)N2CC[C@H](Cc3cccc(-c4c(C)noc4C)n3)C2)cn1. The molecule has 1 aliphatic heterocycles. The minimum atomic E-state index is -0.0487. The number of likely N-dealkylation sites (tertiary alicyclic amines) is 1. The van der Waals surface area contributed by atoms with E-state index in [1.54, 1.807) is 12.4 Å². The monoisotopic (exact) mass is 377 g/mol. The van der Waals surface area contributed by atoms with Crippen molar-refractivity contribution in [2.45, 2.75) is 33.6 Å². The Labute approximate surface area is 163 Å². The van der Waals surface area contributed by atoms with Crippen LogP contribution in [0.15, 0.2) is 35.1 Å². The number of amides is 1. The molecule has 0 aliphatic carbocycles. The molecule has 144 valence electrons. The topological polar surface area (TPSA) is 85.0 Å². The van der Waals surface area contributed by atoms with E-state index in [0.717, 1.165) is 53.5 Å². The number of carbonyl (C=O) groups excluding carboxylic acids is 1. The van der Waals surface area contributed by atoms with Gasteiger partial charge in [-0.2, -0.15) is 0 Å². The van der Waals surface area contributed by atoms with Crippen LogP contribution in [0.3, 0.4) is 0 Å². The summed E-state index contributed by atoms with van der Waals surface area (Å²) in [5, 5.41) is 4.02. The predicted octanol–water partition coefficient (Wildman–Crippen LogP) is 3.16. The molecular weight excluding hydrogens is 354 g/mol. The number of hydrogen-bond acceptors (Lipinski definition) is 6. The molecule has 1 amide bonds. The molecule has 0 bridgehead atoms. The third-order valence-electron chi connectivity index (χ3n) is 5.17. The van der Waals surface area contributed by atoms with Crippen LogP contribution in [0.4, 0.5) is 0 Å². The Balaban J connectivity index is 1.44. The Morgan fingerprint density at radius 3 is 2.79 bits per heavy atom. The Morgan fingerprint density at radius 1 is 1.21 bits per heavy atom. The summed E-state index contributed by atoms with van der Waals surface area (Å²) in [6, 6.07) is 6.04. The molecule has 4 heterocycles. The second kappa shape index (κ2) is 7.50. The van der Waals surface area contributed by atoms with Crippen molar-refractivity contribution >= 4 is 5.91 Å². The lowest BCUT2D eigenvalue weighted by molar-refractivity contribution is 0.0780. The van der Waals surface area contributed by atoms with Gasteiger partial charge in [0.25, 0.3) is 5.91 Å². The molecule has 28 heavy (non-hydrogen) atoms. The third kappa shape index (κ3) is 3.65. The van der Waals surface area contributed by atoms with Crippen LogP contribution in [0.5, 0.6) is 0 Å². The molecule has 7 heteroatoms. The largest absolute Gasteiger partial charge is 0.361 e. The van der Waals surface area contributed by atoms with Crippen molar-refractivity contribution in [3.8, 4) is 11.3 Å². The summed E-state index contributed by atoms with van der Waals surface area (Å²) in [4.78, 5) is 27.7. The van der Waals surface area contributed by atoms with Crippen molar-refractivity contribution in [3.05, 3.63) is 59.1 Å². The second-order valence-electron chi connectivity index (χ2n) is 7.37. The molecule has 0 saturated carbocycles. The molecule has 1 aliphatic rings. The second-order valence-corrected chi connectivity index (χ2v) is 7.37. The van der Waals surface area contributed by atoms with Crippen molar-refractivity contribution in [2.75, 3.05) is 13.1 Å². The average Bonchev–Trinajstić information content (AvgIpc) is 3.28. The standard InChI is InChI=1S/C21H23N5O2/c1-13-10-23-19(11-22-13)21(27)26-8-7-16(12-26)9-17-5-4-6-18(24-17)20-14(2)25-28-15(20)3/h4-6,10-11,16H,7-9,12H2,1-3H3/t16-/m1/s1. The molecule has 7 nitrogen and oxygen atoms in total. The average molecular weight is 377 g/mol. The Morgan fingerprint density at radius 2 is 2.07 bits per heavy atom. The summed E-state index contributed by atoms with van der Waals surface area (Å²) >= 11 is 0. The quantitative estimate of drug-likeness (QED) is 0.694. The lowest BCUT2D eigenvalue weighted by Crippen LogP contribution is -2.29. The highest BCUT2D eigenvalue weighted by atomic mass is 16.5. The van der Waals surface area contributed by atoms with E-state index in [0.29, 0.717) is 18.2 Å². The fourth-order valence-corrected chi connectivity index (χ4v) is 3.73. The number of hydrogen-bond donors (Lipinski definition) is 0. The van der Waals surface area contributed by atoms with Crippen molar-refractivity contribution < 1.29 is 9.32 Å². The van der Waals surface area contributed by atoms with Gasteiger partial charge in [-0.25, -0.2) is 4.98 Å². The van der Waals surface area contributed by atoms with Gasteiger partial charge in [0.1, 0.15) is 11.5 Å². The Bertz CT molecular complexity index is 977. The van der Waals surface area contributed by atoms with E-state index < -0.39 is 0 Å². The smallest absolute Gasteiger partial charge is 0.274 e. The molecule has 1 fully saturated rings. The minimum absolute atomic E-state index is 0.0487. The van der Waals surface area contributed by atoms with Gasteiger partial charge in [-0.15, -0.1) is 0 Å². The van der Waals surface area contributed by atoms with E-state index >= 15 is 0 Å². The fourth-order valence-electron chi connectivity index (χ4n) is 3.73. The molecule has 1 saturated heterocycles. The molecule has 0 unspecified atom stereocenters. The summed E-state index contributed by atoms with van der Waals surface area (Å²) in [5.74, 6) is 1.11. The van der Waals surface area contributed by atoms with E-state index in [4.69, 9.17) is 9.51 Å². The van der Waals surface area contributed by atoms with Crippen LogP contribution < -0.4 is 0 Å². The molecule has 0 aromatic carbocycles. The van der Waals surface area contributed by atoms with Crippen LogP contribution in [-0.4, -0.2) is 44.0 Å². The molecular formula is C21H23N5O2. The highest BCUT2D eigenvalue weighted by molar-refractivity contribution is 5.92. The molecule has 0 radical (unpaired) electrons. The van der Waals surface area contributed by atoms with Gasteiger partial charge in [0.15, 0.2) is 0 Å². The molecule has 3 aromatic rings. The number of aryl methyl sites for hydroxylation is 3. The zero-order valence-electron chi connectivity index (χ0n) is 16.3. The maximum absolute atomic E-state index is 12.6. The van der Waals surface area contributed by atoms with Crippen LogP contribution >= 0.6 is 0 Å². The van der Waals surface area contributed by atoms with Crippen LogP contribution in [0.25, 0.3) is 11.3 Å². The van der Waals surface area contributed by atoms with Crippen molar-refractivity contribution in [1.29, 1.82) is 0 Å². The fraction of sp³-hybridized carbons (Fsp3) is 0.381. The summed E-state index contributed by atoms with van der Waals surface area (Å²) in [6.07, 6.45) is 4.98. The van der Waals surface area contributed by atoms with Crippen LogP contribution in [0, 0.1) is 26.7 Å². The van der Waals surface area contributed by atoms with Gasteiger partial charge in [0.05, 0.1) is 28.8 Å². The van der Waals surface area contributed by atoms with E-state index in [1.807, 2.05) is 43.9 Å². The number of nitrogens with zero attached hydrogens (tertiary/aromatic N) is 5. The first-order valence-electron chi connectivity index (χ1n) is 9.48. The molecule has 0 N–H and O–H groups in total. The number of rotatable bonds is 4. The van der Waals surface area contributed by atoms with Crippen LogP contribution in [-0.2, 0) is 6.42 Å². The zero-order valence-corrected chi connectivity index (χ0v) is 16.3. The third-order valence-corrected chi connectivity index (χ3v) is 5.17. The Hall–Kier alpha value is -3.09. The lowest BCUT2D eigenvalue weighted by atomic mass is 10.0. The zero-order chi connectivity index (χ0) is 19.7. The molecule has 4 rings (SSSR count). The molecule has 3 aromatic heterocycles. The van der Waals surface area contributed by atoms with Gasteiger partial charge >= 0.3 is 0 Å². The Kier molecular flexibility index (Phi) is 4.90. The highest BCUT2D eigenvalue weighted by Crippen LogP contribution is 2.27. The molecule has 1 atom stereocenters. The van der Waals surface area contributed by atoms with Gasteiger partial charge in [0, 0.05) is 25.0 Å².